The van der Waals surface area contributed by atoms with E-state index in [0.717, 1.165) is 21.7 Å². The van der Waals surface area contributed by atoms with Crippen LogP contribution in [-0.2, 0) is 0 Å². The summed E-state index contributed by atoms with van der Waals surface area (Å²) in [6.07, 6.45) is 0. The van der Waals surface area contributed by atoms with E-state index in [-0.39, 0.29) is 5.91 Å². The van der Waals surface area contributed by atoms with E-state index in [1.165, 1.54) is 0 Å². The quantitative estimate of drug-likeness (QED) is 0.710. The van der Waals surface area contributed by atoms with Crippen molar-refractivity contribution >= 4 is 23.4 Å². The number of nitrogens with zero attached hydrogens (tertiary/aromatic N) is 1. The monoisotopic (exact) mass is 313 g/mol. The van der Waals surface area contributed by atoms with E-state index < -0.39 is 0 Å². The summed E-state index contributed by atoms with van der Waals surface area (Å²) in [4.78, 5) is 15.9. The van der Waals surface area contributed by atoms with Crippen LogP contribution in [0.2, 0.25) is 0 Å². The Kier molecular flexibility index (Phi) is 5.67. The number of carbonyl (C=O) groups is 1. The van der Waals surface area contributed by atoms with Gasteiger partial charge in [0.25, 0.3) is 5.91 Å². The first kappa shape index (κ1) is 16.6. The molecule has 0 radical (unpaired) electrons. The van der Waals surface area contributed by atoms with Gasteiger partial charge in [-0.1, -0.05) is 38.1 Å². The molecule has 0 saturated heterocycles. The molecule has 0 saturated carbocycles. The van der Waals surface area contributed by atoms with E-state index in [4.69, 9.17) is 0 Å². The molecule has 2 nitrogen and oxygen atoms in total. The molecule has 0 bridgehead atoms. The minimum atomic E-state index is 0.0665. The van der Waals surface area contributed by atoms with Crippen LogP contribution in [0.1, 0.15) is 36.7 Å². The zero-order chi connectivity index (χ0) is 16.1. The number of anilines is 1. The Labute approximate surface area is 137 Å². The number of aryl methyl sites for hydroxylation is 1. The molecule has 0 fully saturated rings. The smallest absolute Gasteiger partial charge is 0.259 e. The van der Waals surface area contributed by atoms with Crippen LogP contribution < -0.4 is 4.90 Å². The third-order valence-electron chi connectivity index (χ3n) is 3.35. The second-order valence-electron chi connectivity index (χ2n) is 5.55. The highest BCUT2D eigenvalue weighted by molar-refractivity contribution is 8.00. The van der Waals surface area contributed by atoms with Crippen molar-refractivity contribution in [1.82, 2.24) is 0 Å². The molecule has 2 rings (SSSR count). The standard InChI is InChI=1S/C19H23NOS/c1-5-20(16-10-8-9-15(4)13-16)19(21)17-11-6-7-12-18(17)22-14(2)3/h6-14H,5H2,1-4H3. The summed E-state index contributed by atoms with van der Waals surface area (Å²) >= 11 is 1.73. The molecule has 0 atom stereocenters. The molecule has 0 unspecified atom stereocenters. The lowest BCUT2D eigenvalue weighted by molar-refractivity contribution is 0.0985. The fourth-order valence-electron chi connectivity index (χ4n) is 2.38. The molecule has 116 valence electrons. The third kappa shape index (κ3) is 3.92. The highest BCUT2D eigenvalue weighted by atomic mass is 32.2. The van der Waals surface area contributed by atoms with Gasteiger partial charge in [0.05, 0.1) is 5.56 Å². The summed E-state index contributed by atoms with van der Waals surface area (Å²) in [6.45, 7) is 9.00. The second kappa shape index (κ2) is 7.50. The Morgan fingerprint density at radius 1 is 1.14 bits per heavy atom. The van der Waals surface area contributed by atoms with Gasteiger partial charge in [0.1, 0.15) is 0 Å². The highest BCUT2D eigenvalue weighted by Gasteiger charge is 2.19. The minimum absolute atomic E-state index is 0.0665. The molecule has 0 aromatic heterocycles. The van der Waals surface area contributed by atoms with E-state index >= 15 is 0 Å². The van der Waals surface area contributed by atoms with Crippen molar-refractivity contribution in [3.63, 3.8) is 0 Å². The molecule has 0 heterocycles. The largest absolute Gasteiger partial charge is 0.309 e. The molecule has 2 aromatic carbocycles. The summed E-state index contributed by atoms with van der Waals surface area (Å²) in [5, 5.41) is 0.447. The van der Waals surface area contributed by atoms with Crippen LogP contribution in [0.25, 0.3) is 0 Å². The van der Waals surface area contributed by atoms with Crippen LogP contribution in [0.4, 0.5) is 5.69 Å². The maximum atomic E-state index is 13.0. The predicted molar refractivity (Wildman–Crippen MR) is 96.0 cm³/mol. The number of hydrogen-bond donors (Lipinski definition) is 0. The first-order valence-corrected chi connectivity index (χ1v) is 8.55. The first-order valence-electron chi connectivity index (χ1n) is 7.67. The van der Waals surface area contributed by atoms with Crippen molar-refractivity contribution in [2.75, 3.05) is 11.4 Å². The lowest BCUT2D eigenvalue weighted by Crippen LogP contribution is -2.31. The highest BCUT2D eigenvalue weighted by Crippen LogP contribution is 2.28. The fraction of sp³-hybridized carbons (Fsp3) is 0.316. The average molecular weight is 313 g/mol. The van der Waals surface area contributed by atoms with E-state index in [9.17, 15) is 4.79 Å². The second-order valence-corrected chi connectivity index (χ2v) is 7.17. The SMILES string of the molecule is CCN(C(=O)c1ccccc1SC(C)C)c1cccc(C)c1. The number of carbonyl (C=O) groups excluding carboxylic acids is 1. The van der Waals surface area contributed by atoms with Gasteiger partial charge in [-0.3, -0.25) is 4.79 Å². The molecule has 2 aromatic rings. The molecule has 0 spiro atoms. The fourth-order valence-corrected chi connectivity index (χ4v) is 3.33. The molecule has 3 heteroatoms. The van der Waals surface area contributed by atoms with Gasteiger partial charge in [0.2, 0.25) is 0 Å². The van der Waals surface area contributed by atoms with Crippen LogP contribution >= 0.6 is 11.8 Å². The zero-order valence-electron chi connectivity index (χ0n) is 13.7. The molecule has 0 aliphatic heterocycles. The topological polar surface area (TPSA) is 20.3 Å². The van der Waals surface area contributed by atoms with Crippen LogP contribution in [0.3, 0.4) is 0 Å². The number of benzene rings is 2. The normalized spacial score (nSPS) is 10.8. The van der Waals surface area contributed by atoms with Crippen LogP contribution in [-0.4, -0.2) is 17.7 Å². The van der Waals surface area contributed by atoms with E-state index in [0.29, 0.717) is 11.8 Å². The van der Waals surface area contributed by atoms with Crippen molar-refractivity contribution < 1.29 is 4.79 Å². The minimum Gasteiger partial charge on any atom is -0.309 e. The summed E-state index contributed by atoms with van der Waals surface area (Å²) in [6, 6.07) is 16.0. The molecule has 0 aliphatic carbocycles. The van der Waals surface area contributed by atoms with Crippen molar-refractivity contribution in [2.45, 2.75) is 37.8 Å². The molecular weight excluding hydrogens is 290 g/mol. The van der Waals surface area contributed by atoms with Gasteiger partial charge < -0.3 is 4.90 Å². The lowest BCUT2D eigenvalue weighted by atomic mass is 10.1. The molecule has 0 aliphatic rings. The number of thioether (sulfide) groups is 1. The van der Waals surface area contributed by atoms with Gasteiger partial charge in [-0.25, -0.2) is 0 Å². The molecule has 22 heavy (non-hydrogen) atoms. The molecule has 0 N–H and O–H groups in total. The van der Waals surface area contributed by atoms with E-state index in [1.54, 1.807) is 11.8 Å². The van der Waals surface area contributed by atoms with Crippen molar-refractivity contribution in [3.05, 3.63) is 59.7 Å². The summed E-state index contributed by atoms with van der Waals surface area (Å²) < 4.78 is 0. The van der Waals surface area contributed by atoms with Crippen molar-refractivity contribution in [2.24, 2.45) is 0 Å². The maximum absolute atomic E-state index is 13.0. The third-order valence-corrected chi connectivity index (χ3v) is 4.44. The summed E-state index contributed by atoms with van der Waals surface area (Å²) in [5.41, 5.74) is 2.90. The molecular formula is C19H23NOS. The van der Waals surface area contributed by atoms with Gasteiger partial charge >= 0.3 is 0 Å². The van der Waals surface area contributed by atoms with Crippen LogP contribution in [0.5, 0.6) is 0 Å². The maximum Gasteiger partial charge on any atom is 0.259 e. The van der Waals surface area contributed by atoms with Gasteiger partial charge in [0.15, 0.2) is 0 Å². The number of hydrogen-bond acceptors (Lipinski definition) is 2. The Bertz CT molecular complexity index is 651. The van der Waals surface area contributed by atoms with Gasteiger partial charge in [-0.15, -0.1) is 11.8 Å². The van der Waals surface area contributed by atoms with Crippen LogP contribution in [0.15, 0.2) is 53.4 Å². The Morgan fingerprint density at radius 3 is 2.50 bits per heavy atom. The van der Waals surface area contributed by atoms with Crippen molar-refractivity contribution in [1.29, 1.82) is 0 Å². The summed E-state index contributed by atoms with van der Waals surface area (Å²) in [7, 11) is 0. The van der Waals surface area contributed by atoms with Gasteiger partial charge in [-0.2, -0.15) is 0 Å². The number of rotatable bonds is 5. The zero-order valence-corrected chi connectivity index (χ0v) is 14.5. The average Bonchev–Trinajstić information content (AvgIpc) is 2.48. The lowest BCUT2D eigenvalue weighted by Gasteiger charge is -2.23. The van der Waals surface area contributed by atoms with E-state index in [2.05, 4.69) is 19.9 Å². The van der Waals surface area contributed by atoms with Gasteiger partial charge in [0, 0.05) is 22.4 Å². The number of amides is 1. The van der Waals surface area contributed by atoms with Crippen LogP contribution in [0, 0.1) is 6.92 Å². The van der Waals surface area contributed by atoms with Gasteiger partial charge in [-0.05, 0) is 43.7 Å². The Morgan fingerprint density at radius 2 is 1.86 bits per heavy atom. The summed E-state index contributed by atoms with van der Waals surface area (Å²) in [5.74, 6) is 0.0665. The first-order chi connectivity index (χ1) is 10.5. The predicted octanol–water partition coefficient (Wildman–Crippen LogP) is 5.16. The van der Waals surface area contributed by atoms with E-state index in [1.807, 2.05) is 61.2 Å². The molecule has 1 amide bonds. The van der Waals surface area contributed by atoms with Crippen molar-refractivity contribution in [3.8, 4) is 0 Å². The Balaban J connectivity index is 2.37. The Hall–Kier alpha value is -1.74.